The van der Waals surface area contributed by atoms with E-state index in [-0.39, 0.29) is 6.10 Å². The van der Waals surface area contributed by atoms with Crippen LogP contribution in [0.25, 0.3) is 0 Å². The summed E-state index contributed by atoms with van der Waals surface area (Å²) in [6.45, 7) is 3.96. The van der Waals surface area contributed by atoms with Gasteiger partial charge in [-0.05, 0) is 56.8 Å². The highest BCUT2D eigenvalue weighted by Crippen LogP contribution is 2.38. The van der Waals surface area contributed by atoms with Gasteiger partial charge in [0.25, 0.3) is 0 Å². The maximum absolute atomic E-state index is 10.3. The highest BCUT2D eigenvalue weighted by Gasteiger charge is 2.40. The Labute approximate surface area is 130 Å². The van der Waals surface area contributed by atoms with Crippen LogP contribution in [0.4, 0.5) is 0 Å². The molecule has 21 heavy (non-hydrogen) atoms. The zero-order valence-corrected chi connectivity index (χ0v) is 13.2. The number of hydrogen-bond donors (Lipinski definition) is 2. The third kappa shape index (κ3) is 2.85. The maximum Gasteiger partial charge on any atom is 0.137 e. The second kappa shape index (κ2) is 6.03. The van der Waals surface area contributed by atoms with Gasteiger partial charge in [0.1, 0.15) is 17.6 Å². The first-order valence-corrected chi connectivity index (χ1v) is 7.86. The molecule has 1 saturated heterocycles. The number of methoxy groups -OCH3 is 1. The van der Waals surface area contributed by atoms with Crippen molar-refractivity contribution in [3.63, 3.8) is 0 Å². The molecule has 2 aliphatic rings. The molecule has 0 amide bonds. The molecule has 0 bridgehead atoms. The molecule has 5 heteroatoms. The number of fused-ring (bicyclic) bond motifs is 1. The Balaban J connectivity index is 1.75. The van der Waals surface area contributed by atoms with E-state index in [1.807, 2.05) is 13.0 Å². The van der Waals surface area contributed by atoms with Crippen LogP contribution in [0.5, 0.6) is 11.5 Å². The molecule has 4 nitrogen and oxygen atoms in total. The maximum atomic E-state index is 10.3. The molecular weight excluding hydrogens is 290 g/mol. The third-order valence-electron chi connectivity index (χ3n) is 4.79. The van der Waals surface area contributed by atoms with Crippen molar-refractivity contribution in [3.05, 3.63) is 22.7 Å². The lowest BCUT2D eigenvalue weighted by molar-refractivity contribution is -0.0234. The molecule has 1 aromatic rings. The molecule has 0 unspecified atom stereocenters. The van der Waals surface area contributed by atoms with Crippen molar-refractivity contribution in [2.75, 3.05) is 20.2 Å². The summed E-state index contributed by atoms with van der Waals surface area (Å²) in [7, 11) is 1.60. The molecular formula is C16H22ClNO3. The van der Waals surface area contributed by atoms with Gasteiger partial charge >= 0.3 is 0 Å². The molecule has 0 spiro atoms. The number of halogens is 1. The lowest BCUT2D eigenvalue weighted by atomic mass is 9.78. The number of ether oxygens (including phenoxy) is 2. The summed E-state index contributed by atoms with van der Waals surface area (Å²) in [4.78, 5) is 0. The number of hydrogen-bond acceptors (Lipinski definition) is 4. The van der Waals surface area contributed by atoms with Crippen LogP contribution in [0.3, 0.4) is 0 Å². The number of aliphatic hydroxyl groups is 1. The van der Waals surface area contributed by atoms with Crippen molar-refractivity contribution < 1.29 is 14.6 Å². The molecule has 2 fully saturated rings. The Morgan fingerprint density at radius 2 is 1.86 bits per heavy atom. The Morgan fingerprint density at radius 1 is 1.19 bits per heavy atom. The van der Waals surface area contributed by atoms with Crippen LogP contribution < -0.4 is 14.8 Å². The number of nitrogens with one attached hydrogen (secondary N) is 1. The van der Waals surface area contributed by atoms with Gasteiger partial charge in [-0.25, -0.2) is 0 Å². The van der Waals surface area contributed by atoms with Crippen molar-refractivity contribution in [3.8, 4) is 11.5 Å². The minimum absolute atomic E-state index is 0.158. The normalized spacial score (nSPS) is 31.8. The number of benzene rings is 1. The second-order valence-electron chi connectivity index (χ2n) is 6.08. The SMILES string of the molecule is COc1ccc(O[C@@H]2C[C@@H]3CNC[C@@H]3C[C@H]2O)c(C)c1Cl. The van der Waals surface area contributed by atoms with Crippen LogP contribution in [0, 0.1) is 18.8 Å². The minimum atomic E-state index is -0.411. The summed E-state index contributed by atoms with van der Waals surface area (Å²) < 4.78 is 11.3. The largest absolute Gasteiger partial charge is 0.495 e. The number of rotatable bonds is 3. The van der Waals surface area contributed by atoms with Crippen molar-refractivity contribution in [1.82, 2.24) is 5.32 Å². The summed E-state index contributed by atoms with van der Waals surface area (Å²) in [5, 5.41) is 14.3. The van der Waals surface area contributed by atoms with Crippen LogP contribution >= 0.6 is 11.6 Å². The van der Waals surface area contributed by atoms with E-state index in [1.165, 1.54) is 0 Å². The second-order valence-corrected chi connectivity index (χ2v) is 6.46. The molecule has 1 aliphatic heterocycles. The predicted octanol–water partition coefficient (Wildman–Crippen LogP) is 2.39. The van der Waals surface area contributed by atoms with Gasteiger partial charge in [0.05, 0.1) is 18.2 Å². The monoisotopic (exact) mass is 311 g/mol. The summed E-state index contributed by atoms with van der Waals surface area (Å²) in [5.41, 5.74) is 0.856. The van der Waals surface area contributed by atoms with Crippen LogP contribution in [-0.4, -0.2) is 37.5 Å². The van der Waals surface area contributed by atoms with Gasteiger partial charge in [-0.3, -0.25) is 0 Å². The van der Waals surface area contributed by atoms with Gasteiger partial charge in [-0.15, -0.1) is 0 Å². The quantitative estimate of drug-likeness (QED) is 0.900. The van der Waals surface area contributed by atoms with E-state index in [9.17, 15) is 5.11 Å². The van der Waals surface area contributed by atoms with Crippen molar-refractivity contribution in [1.29, 1.82) is 0 Å². The van der Waals surface area contributed by atoms with Gasteiger partial charge < -0.3 is 19.9 Å². The zero-order valence-electron chi connectivity index (χ0n) is 12.4. The van der Waals surface area contributed by atoms with E-state index >= 15 is 0 Å². The Kier molecular flexibility index (Phi) is 4.29. The average molecular weight is 312 g/mol. The lowest BCUT2D eigenvalue weighted by Gasteiger charge is -2.35. The van der Waals surface area contributed by atoms with Gasteiger partial charge in [-0.2, -0.15) is 0 Å². The van der Waals surface area contributed by atoms with E-state index in [1.54, 1.807) is 13.2 Å². The number of aliphatic hydroxyl groups excluding tert-OH is 1. The van der Waals surface area contributed by atoms with Crippen molar-refractivity contribution in [2.24, 2.45) is 11.8 Å². The highest BCUT2D eigenvalue weighted by molar-refractivity contribution is 6.33. The van der Waals surface area contributed by atoms with Crippen LogP contribution in [-0.2, 0) is 0 Å². The molecule has 3 rings (SSSR count). The van der Waals surface area contributed by atoms with E-state index in [4.69, 9.17) is 21.1 Å². The Morgan fingerprint density at radius 3 is 2.57 bits per heavy atom. The van der Waals surface area contributed by atoms with Gasteiger partial charge in [0, 0.05) is 5.56 Å². The van der Waals surface area contributed by atoms with Crippen LogP contribution in [0.15, 0.2) is 12.1 Å². The molecule has 1 saturated carbocycles. The summed E-state index contributed by atoms with van der Waals surface area (Å²) in [6, 6.07) is 3.67. The van der Waals surface area contributed by atoms with E-state index in [2.05, 4.69) is 5.32 Å². The average Bonchev–Trinajstić information content (AvgIpc) is 2.91. The first kappa shape index (κ1) is 14.9. The van der Waals surface area contributed by atoms with Gasteiger partial charge in [0.15, 0.2) is 0 Å². The molecule has 2 N–H and O–H groups in total. The summed E-state index contributed by atoms with van der Waals surface area (Å²) in [6.07, 6.45) is 1.13. The Hall–Kier alpha value is -0.970. The zero-order chi connectivity index (χ0) is 15.0. The molecule has 0 radical (unpaired) electrons. The standard InChI is InChI=1S/C16H22ClNO3/c1-9-13(3-4-14(20-2)16(9)17)21-15-6-11-8-18-7-10(11)5-12(15)19/h3-4,10-12,15,18-19H,5-8H2,1-2H3/t10-,11+,12+,15+/m0/s1. The fourth-order valence-electron chi connectivity index (χ4n) is 3.47. The molecule has 1 aliphatic carbocycles. The van der Waals surface area contributed by atoms with E-state index in [0.717, 1.165) is 37.2 Å². The smallest absolute Gasteiger partial charge is 0.137 e. The fraction of sp³-hybridized carbons (Fsp3) is 0.625. The molecule has 116 valence electrons. The fourth-order valence-corrected chi connectivity index (χ4v) is 3.71. The van der Waals surface area contributed by atoms with Gasteiger partial charge in [0.2, 0.25) is 0 Å². The highest BCUT2D eigenvalue weighted by atomic mass is 35.5. The van der Waals surface area contributed by atoms with Crippen molar-refractivity contribution >= 4 is 11.6 Å². The van der Waals surface area contributed by atoms with Crippen molar-refractivity contribution in [2.45, 2.75) is 32.0 Å². The van der Waals surface area contributed by atoms with Crippen LogP contribution in [0.2, 0.25) is 5.02 Å². The van der Waals surface area contributed by atoms with E-state index in [0.29, 0.717) is 22.6 Å². The predicted molar refractivity (Wildman–Crippen MR) is 82.2 cm³/mol. The lowest BCUT2D eigenvalue weighted by Crippen LogP contribution is -2.42. The Bertz CT molecular complexity index is 522. The first-order chi connectivity index (χ1) is 10.1. The molecule has 1 aromatic carbocycles. The van der Waals surface area contributed by atoms with E-state index < -0.39 is 6.10 Å². The topological polar surface area (TPSA) is 50.7 Å². The first-order valence-electron chi connectivity index (χ1n) is 7.48. The summed E-state index contributed by atoms with van der Waals surface area (Å²) >= 11 is 6.26. The molecule has 0 aromatic heterocycles. The molecule has 4 atom stereocenters. The minimum Gasteiger partial charge on any atom is -0.495 e. The van der Waals surface area contributed by atoms with Crippen LogP contribution in [0.1, 0.15) is 18.4 Å². The van der Waals surface area contributed by atoms with Gasteiger partial charge in [-0.1, -0.05) is 11.6 Å². The molecule has 1 heterocycles. The summed E-state index contributed by atoms with van der Waals surface area (Å²) in [5.74, 6) is 2.56. The third-order valence-corrected chi connectivity index (χ3v) is 5.26.